The van der Waals surface area contributed by atoms with Crippen molar-refractivity contribution in [3.63, 3.8) is 0 Å². The molecule has 1 saturated heterocycles. The summed E-state index contributed by atoms with van der Waals surface area (Å²) in [6.45, 7) is 6.10. The molecule has 1 aromatic carbocycles. The zero-order chi connectivity index (χ0) is 17.9. The number of amides is 2. The van der Waals surface area contributed by atoms with E-state index in [-0.39, 0.29) is 18.3 Å². The normalized spacial score (nSPS) is 17.2. The molecule has 0 aliphatic carbocycles. The number of rotatable bonds is 4. The summed E-state index contributed by atoms with van der Waals surface area (Å²) >= 11 is 0. The number of phenols is 1. The summed E-state index contributed by atoms with van der Waals surface area (Å²) in [5, 5.41) is 12.3. The number of hydrogen-bond acceptors (Lipinski definition) is 5. The first-order valence-corrected chi connectivity index (χ1v) is 7.82. The minimum Gasteiger partial charge on any atom is -0.508 e. The summed E-state index contributed by atoms with van der Waals surface area (Å²) in [7, 11) is 1.53. The van der Waals surface area contributed by atoms with E-state index in [1.807, 2.05) is 0 Å². The number of likely N-dealkylation sites (tertiary alicyclic amines) is 1. The van der Waals surface area contributed by atoms with Crippen LogP contribution in [-0.2, 0) is 20.9 Å². The van der Waals surface area contributed by atoms with Crippen LogP contribution in [-0.4, -0.2) is 47.3 Å². The van der Waals surface area contributed by atoms with Crippen molar-refractivity contribution >= 4 is 17.7 Å². The van der Waals surface area contributed by atoms with Crippen LogP contribution in [0.1, 0.15) is 32.8 Å². The lowest BCUT2D eigenvalue weighted by Crippen LogP contribution is -2.57. The van der Waals surface area contributed by atoms with Gasteiger partial charge in [0.05, 0.1) is 6.61 Å². The Morgan fingerprint density at radius 1 is 1.38 bits per heavy atom. The van der Waals surface area contributed by atoms with E-state index in [1.165, 1.54) is 24.1 Å². The van der Waals surface area contributed by atoms with E-state index < -0.39 is 17.7 Å². The van der Waals surface area contributed by atoms with Crippen molar-refractivity contribution in [1.82, 2.24) is 4.90 Å². The van der Waals surface area contributed by atoms with Crippen LogP contribution in [0.3, 0.4) is 0 Å². The van der Waals surface area contributed by atoms with E-state index >= 15 is 0 Å². The third-order valence-electron chi connectivity index (χ3n) is 3.60. The third-order valence-corrected chi connectivity index (χ3v) is 3.60. The van der Waals surface area contributed by atoms with Gasteiger partial charge in [0, 0.05) is 24.9 Å². The molecule has 0 radical (unpaired) electrons. The fraction of sp³-hybridized carbons (Fsp3) is 0.529. The van der Waals surface area contributed by atoms with Crippen LogP contribution < -0.4 is 5.32 Å². The largest absolute Gasteiger partial charge is 0.508 e. The minimum absolute atomic E-state index is 0.0964. The number of benzene rings is 1. The number of nitrogens with zero attached hydrogens (tertiary/aromatic N) is 1. The van der Waals surface area contributed by atoms with Crippen LogP contribution in [0.2, 0.25) is 0 Å². The predicted octanol–water partition coefficient (Wildman–Crippen LogP) is 2.49. The van der Waals surface area contributed by atoms with Crippen LogP contribution in [0.15, 0.2) is 18.2 Å². The van der Waals surface area contributed by atoms with Gasteiger partial charge in [0.15, 0.2) is 0 Å². The summed E-state index contributed by atoms with van der Waals surface area (Å²) in [5.74, 6) is -0.186. The van der Waals surface area contributed by atoms with E-state index in [1.54, 1.807) is 26.8 Å². The number of nitrogens with one attached hydrogen (secondary N) is 1. The highest BCUT2D eigenvalue weighted by atomic mass is 16.6. The smallest absolute Gasteiger partial charge is 0.410 e. The van der Waals surface area contributed by atoms with Crippen molar-refractivity contribution in [2.75, 3.05) is 19.0 Å². The maximum absolute atomic E-state index is 12.5. The first kappa shape index (κ1) is 18.1. The van der Waals surface area contributed by atoms with E-state index in [9.17, 15) is 14.7 Å². The number of methoxy groups -OCH3 is 1. The standard InChI is InChI=1S/C17H24N2O5/c1-17(2,3)24-16(22)19-8-7-14(19)15(21)18-13-6-5-12(20)9-11(13)10-23-4/h5-6,9,14,20H,7-8,10H2,1-4H3,(H,18,21)/t14-/m1/s1. The Morgan fingerprint density at radius 3 is 2.62 bits per heavy atom. The lowest BCUT2D eigenvalue weighted by Gasteiger charge is -2.40. The molecule has 0 aromatic heterocycles. The molecule has 2 amide bonds. The van der Waals surface area contributed by atoms with Crippen molar-refractivity contribution in [1.29, 1.82) is 0 Å². The Hall–Kier alpha value is -2.28. The summed E-state index contributed by atoms with van der Waals surface area (Å²) in [6.07, 6.45) is 0.0969. The fourth-order valence-corrected chi connectivity index (χ4v) is 2.39. The third kappa shape index (κ3) is 4.38. The lowest BCUT2D eigenvalue weighted by molar-refractivity contribution is -0.125. The number of anilines is 1. The van der Waals surface area contributed by atoms with Crippen LogP contribution in [0.5, 0.6) is 5.75 Å². The molecular formula is C17H24N2O5. The molecule has 1 aliphatic rings. The number of carbonyl (C=O) groups is 2. The Kier molecular flexibility index (Phi) is 5.33. The summed E-state index contributed by atoms with van der Waals surface area (Å²) in [6, 6.07) is 4.08. The molecule has 24 heavy (non-hydrogen) atoms. The Balaban J connectivity index is 2.04. The number of ether oxygens (including phenoxy) is 2. The average molecular weight is 336 g/mol. The second kappa shape index (κ2) is 7.09. The quantitative estimate of drug-likeness (QED) is 0.825. The van der Waals surface area contributed by atoms with Gasteiger partial charge in [-0.2, -0.15) is 0 Å². The van der Waals surface area contributed by atoms with Gasteiger partial charge >= 0.3 is 6.09 Å². The van der Waals surface area contributed by atoms with Gasteiger partial charge in [0.1, 0.15) is 17.4 Å². The first-order chi connectivity index (χ1) is 11.2. The van der Waals surface area contributed by atoms with Gasteiger partial charge in [0.25, 0.3) is 0 Å². The van der Waals surface area contributed by atoms with Crippen LogP contribution in [0, 0.1) is 0 Å². The molecule has 1 fully saturated rings. The molecule has 0 bridgehead atoms. The highest BCUT2D eigenvalue weighted by Gasteiger charge is 2.40. The average Bonchev–Trinajstić information content (AvgIpc) is 2.38. The van der Waals surface area contributed by atoms with Crippen LogP contribution >= 0.6 is 0 Å². The topological polar surface area (TPSA) is 88.1 Å². The van der Waals surface area contributed by atoms with Gasteiger partial charge in [-0.05, 0) is 45.4 Å². The molecule has 1 heterocycles. The van der Waals surface area contributed by atoms with E-state index in [2.05, 4.69) is 5.32 Å². The molecule has 7 nitrogen and oxygen atoms in total. The minimum atomic E-state index is -0.601. The molecule has 7 heteroatoms. The second-order valence-electron chi connectivity index (χ2n) is 6.74. The van der Waals surface area contributed by atoms with Gasteiger partial charge < -0.3 is 19.9 Å². The highest BCUT2D eigenvalue weighted by Crippen LogP contribution is 2.26. The van der Waals surface area contributed by atoms with Crippen molar-refractivity contribution < 1.29 is 24.2 Å². The van der Waals surface area contributed by atoms with Crippen LogP contribution in [0.4, 0.5) is 10.5 Å². The van der Waals surface area contributed by atoms with Gasteiger partial charge in [0.2, 0.25) is 5.91 Å². The molecule has 1 atom stereocenters. The summed E-state index contributed by atoms with van der Waals surface area (Å²) in [4.78, 5) is 26.0. The number of phenolic OH excluding ortho intramolecular Hbond substituents is 1. The summed E-state index contributed by atoms with van der Waals surface area (Å²) < 4.78 is 10.4. The molecular weight excluding hydrogens is 312 g/mol. The molecule has 0 unspecified atom stereocenters. The lowest BCUT2D eigenvalue weighted by atomic mass is 10.0. The van der Waals surface area contributed by atoms with E-state index in [4.69, 9.17) is 9.47 Å². The second-order valence-corrected chi connectivity index (χ2v) is 6.74. The molecule has 1 aromatic rings. The Morgan fingerprint density at radius 2 is 2.08 bits per heavy atom. The van der Waals surface area contributed by atoms with Gasteiger partial charge in [-0.25, -0.2) is 4.79 Å². The van der Waals surface area contributed by atoms with Crippen LogP contribution in [0.25, 0.3) is 0 Å². The number of aromatic hydroxyl groups is 1. The molecule has 0 spiro atoms. The van der Waals surface area contributed by atoms with Gasteiger partial charge in [-0.1, -0.05) is 0 Å². The van der Waals surface area contributed by atoms with Gasteiger partial charge in [-0.3, -0.25) is 9.69 Å². The highest BCUT2D eigenvalue weighted by molar-refractivity contribution is 5.98. The summed E-state index contributed by atoms with van der Waals surface area (Å²) in [5.41, 5.74) is 0.612. The van der Waals surface area contributed by atoms with Crippen molar-refractivity contribution in [2.24, 2.45) is 0 Å². The predicted molar refractivity (Wildman–Crippen MR) is 88.8 cm³/mol. The SMILES string of the molecule is COCc1cc(O)ccc1NC(=O)[C@H]1CCN1C(=O)OC(C)(C)C. The zero-order valence-electron chi connectivity index (χ0n) is 14.5. The zero-order valence-corrected chi connectivity index (χ0v) is 14.5. The molecule has 1 aliphatic heterocycles. The van der Waals surface area contributed by atoms with E-state index in [0.29, 0.717) is 24.2 Å². The Bertz CT molecular complexity index is 624. The van der Waals surface area contributed by atoms with E-state index in [0.717, 1.165) is 0 Å². The fourth-order valence-electron chi connectivity index (χ4n) is 2.39. The molecule has 2 N–H and O–H groups in total. The number of carbonyl (C=O) groups excluding carboxylic acids is 2. The number of hydrogen-bond donors (Lipinski definition) is 2. The van der Waals surface area contributed by atoms with Crippen molar-refractivity contribution in [2.45, 2.75) is 45.4 Å². The van der Waals surface area contributed by atoms with Gasteiger partial charge in [-0.15, -0.1) is 0 Å². The molecule has 0 saturated carbocycles. The monoisotopic (exact) mass is 336 g/mol. The first-order valence-electron chi connectivity index (χ1n) is 7.82. The Labute approximate surface area is 141 Å². The van der Waals surface area contributed by atoms with Crippen molar-refractivity contribution in [3.05, 3.63) is 23.8 Å². The maximum atomic E-state index is 12.5. The molecule has 2 rings (SSSR count). The maximum Gasteiger partial charge on any atom is 0.410 e. The molecule has 132 valence electrons. The van der Waals surface area contributed by atoms with Crippen molar-refractivity contribution in [3.8, 4) is 5.75 Å².